The van der Waals surface area contributed by atoms with Crippen molar-refractivity contribution in [3.63, 3.8) is 0 Å². The van der Waals surface area contributed by atoms with Crippen molar-refractivity contribution in [3.8, 4) is 0 Å². The van der Waals surface area contributed by atoms with E-state index >= 15 is 0 Å². The van der Waals surface area contributed by atoms with Crippen molar-refractivity contribution in [2.45, 2.75) is 0 Å². The zero-order chi connectivity index (χ0) is 0. The van der Waals surface area contributed by atoms with E-state index in [0.717, 1.165) is 0 Å². The number of hydrogen-bond donors (Lipinski definition) is 0. The first-order valence-electron chi connectivity index (χ1n) is 0. The summed E-state index contributed by atoms with van der Waals surface area (Å²) in [5.74, 6) is 0. The van der Waals surface area contributed by atoms with Crippen LogP contribution in [0.25, 0.3) is 0 Å². The molecule has 0 saturated carbocycles. The molecule has 1 atom stereocenters. The zero-order valence-corrected chi connectivity index (χ0v) is 15.9. The van der Waals surface area contributed by atoms with E-state index in [1.165, 1.54) is 0 Å². The Morgan fingerprint density at radius 3 is 1.00 bits per heavy atom. The van der Waals surface area contributed by atoms with Gasteiger partial charge in [-0.25, -0.2) is 0 Å². The molecule has 0 aromatic heterocycles. The van der Waals surface area contributed by atoms with Gasteiger partial charge in [0.1, 0.15) is 0 Å². The molecule has 0 amide bonds. The molecule has 4 heteroatoms. The topological polar surface area (TPSA) is 0 Å². The number of hydrogen-bond acceptors (Lipinski definition) is 0. The van der Waals surface area contributed by atoms with E-state index in [1.807, 2.05) is 0 Å². The van der Waals surface area contributed by atoms with Crippen molar-refractivity contribution in [3.05, 3.63) is 0 Å². The smallest absolute Gasteiger partial charge is 0 e. The average Bonchev–Trinajstić information content (AvgIpc) is 0. The SMILES string of the molecule is [AsH3].[Cd].[Cu].[Hg]. The molecule has 0 aromatic carbocycles. The van der Waals surface area contributed by atoms with Gasteiger partial charge in [-0.3, -0.25) is 0 Å². The van der Waals surface area contributed by atoms with E-state index in [0.29, 0.717) is 0 Å². The van der Waals surface area contributed by atoms with Crippen LogP contribution in [0.1, 0.15) is 0 Å². The van der Waals surface area contributed by atoms with Gasteiger partial charge >= 0.3 is 18.0 Å². The summed E-state index contributed by atoms with van der Waals surface area (Å²) in [5.41, 5.74) is 0. The normalized spacial score (nSPS) is 0. The second-order valence-corrected chi connectivity index (χ2v) is 0. The quantitative estimate of drug-likeness (QED) is 0.404. The van der Waals surface area contributed by atoms with Gasteiger partial charge in [0.15, 0.2) is 0 Å². The van der Waals surface area contributed by atoms with Crippen molar-refractivity contribution >= 4 is 18.0 Å². The molecule has 0 aliphatic rings. The molecule has 4 heavy (non-hydrogen) atoms. The van der Waals surface area contributed by atoms with Crippen LogP contribution < -0.4 is 0 Å². The summed E-state index contributed by atoms with van der Waals surface area (Å²) >= 11 is 0. The fourth-order valence-corrected chi connectivity index (χ4v) is 0. The zero-order valence-electron chi connectivity index (χ0n) is 2.42. The maximum Gasteiger partial charge on any atom is 0 e. The van der Waals surface area contributed by atoms with Crippen molar-refractivity contribution in [1.29, 1.82) is 0 Å². The predicted molar refractivity (Wildman–Crippen MR) is 9.94 cm³/mol. The molecule has 0 heterocycles. The minimum Gasteiger partial charge on any atom is 0 e. The third-order valence-corrected chi connectivity index (χ3v) is 0. The standard InChI is InChI=1S/AsH3.Cd.Cu.Hg/h1H3;;;. The second kappa shape index (κ2) is 16.8. The Labute approximate surface area is 88.3 Å². The van der Waals surface area contributed by atoms with Crippen LogP contribution >= 0.6 is 0 Å². The molecule has 0 aliphatic carbocycles. The van der Waals surface area contributed by atoms with Crippen molar-refractivity contribution in [2.75, 3.05) is 0 Å². The van der Waals surface area contributed by atoms with Crippen LogP contribution in [0.4, 0.5) is 0 Å². The summed E-state index contributed by atoms with van der Waals surface area (Å²) in [4.78, 5) is 0. The van der Waals surface area contributed by atoms with E-state index in [1.54, 1.807) is 0 Å². The monoisotopic (exact) mass is 457 g/mol. The van der Waals surface area contributed by atoms with Crippen LogP contribution in [-0.4, -0.2) is 18.0 Å². The Morgan fingerprint density at radius 2 is 1.00 bits per heavy atom. The minimum atomic E-state index is 0. The fraction of sp³-hybridized carbons (Fsp3) is 0. The molecule has 0 saturated heterocycles. The summed E-state index contributed by atoms with van der Waals surface area (Å²) < 4.78 is 0. The number of rotatable bonds is 0. The van der Waals surface area contributed by atoms with Gasteiger partial charge in [0, 0.05) is 72.0 Å². The second-order valence-electron chi connectivity index (χ2n) is 0. The first kappa shape index (κ1) is 28.4. The third-order valence-electron chi connectivity index (χ3n) is 0. The van der Waals surface area contributed by atoms with Gasteiger partial charge in [0.05, 0.1) is 0 Å². The summed E-state index contributed by atoms with van der Waals surface area (Å²) in [6.45, 7) is 0. The Morgan fingerprint density at radius 1 is 1.00 bits per heavy atom. The predicted octanol–water partition coefficient (Wildman–Crippen LogP) is -1.19. The van der Waals surface area contributed by atoms with E-state index in [2.05, 4.69) is 0 Å². The molecule has 23 valence electrons. The Hall–Kier alpha value is 2.94. The molecule has 0 aliphatic heterocycles. The van der Waals surface area contributed by atoms with Crippen LogP contribution in [-0.2, 0) is 72.0 Å². The van der Waals surface area contributed by atoms with Gasteiger partial charge in [-0.1, -0.05) is 0 Å². The molecule has 0 spiro atoms. The summed E-state index contributed by atoms with van der Waals surface area (Å²) in [5, 5.41) is 0. The minimum absolute atomic E-state index is 0. The fourth-order valence-electron chi connectivity index (χ4n) is 0. The van der Waals surface area contributed by atoms with Gasteiger partial charge in [0.2, 0.25) is 0 Å². The van der Waals surface area contributed by atoms with E-state index in [9.17, 15) is 0 Å². The largest absolute Gasteiger partial charge is 0 e. The van der Waals surface area contributed by atoms with Gasteiger partial charge < -0.3 is 0 Å². The molecule has 0 nitrogen and oxygen atoms in total. The summed E-state index contributed by atoms with van der Waals surface area (Å²) in [6, 6.07) is 0. The average molecular weight is 454 g/mol. The molecular formula is H3AsCdCuHg. The van der Waals surface area contributed by atoms with Crippen LogP contribution in [0, 0.1) is 0 Å². The van der Waals surface area contributed by atoms with Crippen LogP contribution in [0.5, 0.6) is 0 Å². The van der Waals surface area contributed by atoms with Gasteiger partial charge in [-0.05, 0) is 0 Å². The molecular weight excluding hydrogens is 451 g/mol. The summed E-state index contributed by atoms with van der Waals surface area (Å²) in [6.07, 6.45) is 0. The van der Waals surface area contributed by atoms with E-state index in [-0.39, 0.29) is 90.0 Å². The van der Waals surface area contributed by atoms with Crippen molar-refractivity contribution in [2.24, 2.45) is 0 Å². The Balaban J connectivity index is 0. The maximum atomic E-state index is 0. The molecule has 0 fully saturated rings. The Kier molecular flexibility index (Phi) is 119. The molecule has 0 aromatic rings. The molecule has 0 rings (SSSR count). The molecule has 1 unspecified atom stereocenters. The molecule has 0 N–H and O–H groups in total. The Bertz CT molecular complexity index is 8.00. The van der Waals surface area contributed by atoms with Crippen LogP contribution in [0.2, 0.25) is 0 Å². The van der Waals surface area contributed by atoms with Crippen LogP contribution in [0.3, 0.4) is 0 Å². The van der Waals surface area contributed by atoms with Gasteiger partial charge in [0.25, 0.3) is 0 Å². The van der Waals surface area contributed by atoms with Gasteiger partial charge in [-0.15, -0.1) is 0 Å². The van der Waals surface area contributed by atoms with E-state index < -0.39 is 0 Å². The van der Waals surface area contributed by atoms with Crippen molar-refractivity contribution in [1.82, 2.24) is 0 Å². The first-order valence-corrected chi connectivity index (χ1v) is 0. The van der Waals surface area contributed by atoms with Gasteiger partial charge in [-0.2, -0.15) is 0 Å². The van der Waals surface area contributed by atoms with E-state index in [4.69, 9.17) is 0 Å². The van der Waals surface area contributed by atoms with Crippen LogP contribution in [0.15, 0.2) is 0 Å². The molecule has 1 radical (unpaired) electrons. The first-order chi connectivity index (χ1) is 0. The van der Waals surface area contributed by atoms with Crippen molar-refractivity contribution < 1.29 is 72.0 Å². The third kappa shape index (κ3) is 8.87. The maximum absolute atomic E-state index is 0. The summed E-state index contributed by atoms with van der Waals surface area (Å²) in [7, 11) is 0. The molecule has 0 bridgehead atoms.